The number of hydrogen-bond acceptors (Lipinski definition) is 4. The van der Waals surface area contributed by atoms with Crippen LogP contribution in [0.25, 0.3) is 0 Å². The van der Waals surface area contributed by atoms with Crippen molar-refractivity contribution in [2.75, 3.05) is 25.6 Å². The highest BCUT2D eigenvalue weighted by Gasteiger charge is 2.13. The maximum absolute atomic E-state index is 12.4. The largest absolute Gasteiger partial charge is 0.383 e. The van der Waals surface area contributed by atoms with E-state index < -0.39 is 0 Å². The van der Waals surface area contributed by atoms with Crippen LogP contribution in [0, 0.1) is 0 Å². The van der Waals surface area contributed by atoms with Crippen LogP contribution in [0.3, 0.4) is 0 Å². The van der Waals surface area contributed by atoms with E-state index in [0.29, 0.717) is 13.2 Å². The first-order valence-electron chi connectivity index (χ1n) is 7.79. The number of hydrogen-bond donors (Lipinski definition) is 2. The third kappa shape index (κ3) is 4.63. The van der Waals surface area contributed by atoms with Gasteiger partial charge in [-0.05, 0) is 30.2 Å². The second-order valence-corrected chi connectivity index (χ2v) is 5.12. The van der Waals surface area contributed by atoms with E-state index in [1.807, 2.05) is 31.2 Å². The zero-order valence-electron chi connectivity index (χ0n) is 13.8. The van der Waals surface area contributed by atoms with E-state index in [0.717, 1.165) is 17.7 Å². The van der Waals surface area contributed by atoms with Gasteiger partial charge in [0.1, 0.15) is 11.4 Å². The van der Waals surface area contributed by atoms with Gasteiger partial charge in [0.15, 0.2) is 0 Å². The van der Waals surface area contributed by atoms with E-state index in [1.165, 1.54) is 0 Å². The van der Waals surface area contributed by atoms with Crippen LogP contribution in [0.1, 0.15) is 33.5 Å². The number of pyridine rings is 1. The predicted molar refractivity (Wildman–Crippen MR) is 92.2 cm³/mol. The van der Waals surface area contributed by atoms with Gasteiger partial charge in [-0.3, -0.25) is 9.59 Å². The predicted octanol–water partition coefficient (Wildman–Crippen LogP) is 2.27. The van der Waals surface area contributed by atoms with E-state index in [-0.39, 0.29) is 23.2 Å². The monoisotopic (exact) mass is 327 g/mol. The Morgan fingerprint density at radius 2 is 1.75 bits per heavy atom. The number of ether oxygens (including phenoxy) is 1. The molecule has 0 saturated carbocycles. The zero-order valence-corrected chi connectivity index (χ0v) is 13.8. The Morgan fingerprint density at radius 3 is 2.46 bits per heavy atom. The molecular formula is C18H21N3O3. The Labute approximate surface area is 141 Å². The van der Waals surface area contributed by atoms with Crippen molar-refractivity contribution in [1.29, 1.82) is 0 Å². The van der Waals surface area contributed by atoms with Gasteiger partial charge in [-0.1, -0.05) is 31.2 Å². The van der Waals surface area contributed by atoms with E-state index in [2.05, 4.69) is 15.6 Å². The van der Waals surface area contributed by atoms with Crippen molar-refractivity contribution < 1.29 is 14.3 Å². The Bertz CT molecular complexity index is 716. The van der Waals surface area contributed by atoms with E-state index in [1.54, 1.807) is 25.3 Å². The van der Waals surface area contributed by atoms with Gasteiger partial charge < -0.3 is 15.4 Å². The molecule has 2 aromatic rings. The van der Waals surface area contributed by atoms with Crippen molar-refractivity contribution in [2.24, 2.45) is 0 Å². The molecule has 1 aromatic carbocycles. The first-order valence-corrected chi connectivity index (χ1v) is 7.79. The molecule has 2 N–H and O–H groups in total. The molecule has 0 aliphatic carbocycles. The van der Waals surface area contributed by atoms with Crippen LogP contribution in [0.4, 0.5) is 5.69 Å². The van der Waals surface area contributed by atoms with Crippen molar-refractivity contribution in [3.05, 3.63) is 59.4 Å². The highest BCUT2D eigenvalue weighted by molar-refractivity contribution is 6.04. The molecule has 6 nitrogen and oxygen atoms in total. The Morgan fingerprint density at radius 1 is 1.04 bits per heavy atom. The van der Waals surface area contributed by atoms with Gasteiger partial charge in [-0.25, -0.2) is 4.98 Å². The standard InChI is InChI=1S/C18H21N3O3/c1-3-13-7-4-5-8-14(13)21-18(23)16-10-6-9-15(20-16)17(22)19-11-12-24-2/h4-10H,3,11-12H2,1-2H3,(H,19,22)(H,21,23). The average molecular weight is 327 g/mol. The van der Waals surface area contributed by atoms with Crippen LogP contribution < -0.4 is 10.6 Å². The molecule has 0 unspecified atom stereocenters. The lowest BCUT2D eigenvalue weighted by Gasteiger charge is -2.10. The zero-order chi connectivity index (χ0) is 17.4. The molecule has 2 rings (SSSR count). The van der Waals surface area contributed by atoms with Crippen LogP contribution in [-0.2, 0) is 11.2 Å². The molecule has 1 heterocycles. The topological polar surface area (TPSA) is 80.3 Å². The molecular weight excluding hydrogens is 306 g/mol. The summed E-state index contributed by atoms with van der Waals surface area (Å²) >= 11 is 0. The minimum absolute atomic E-state index is 0.195. The van der Waals surface area contributed by atoms with Gasteiger partial charge in [0.25, 0.3) is 11.8 Å². The first kappa shape index (κ1) is 17.6. The molecule has 0 aliphatic rings. The highest BCUT2D eigenvalue weighted by atomic mass is 16.5. The Balaban J connectivity index is 2.10. The number of aryl methyl sites for hydroxylation is 1. The van der Waals surface area contributed by atoms with Crippen LogP contribution >= 0.6 is 0 Å². The summed E-state index contributed by atoms with van der Waals surface area (Å²) in [6, 6.07) is 12.4. The minimum atomic E-state index is -0.345. The lowest BCUT2D eigenvalue weighted by molar-refractivity contribution is 0.0932. The van der Waals surface area contributed by atoms with E-state index >= 15 is 0 Å². The van der Waals surface area contributed by atoms with Crippen molar-refractivity contribution >= 4 is 17.5 Å². The summed E-state index contributed by atoms with van der Waals surface area (Å²) in [5.74, 6) is -0.682. The number of rotatable bonds is 7. The molecule has 0 aliphatic heterocycles. The lowest BCUT2D eigenvalue weighted by atomic mass is 10.1. The fraction of sp³-hybridized carbons (Fsp3) is 0.278. The molecule has 6 heteroatoms. The quantitative estimate of drug-likeness (QED) is 0.765. The molecule has 0 radical (unpaired) electrons. The summed E-state index contributed by atoms with van der Waals surface area (Å²) in [7, 11) is 1.56. The third-order valence-electron chi connectivity index (χ3n) is 3.45. The number of anilines is 1. The van der Waals surface area contributed by atoms with Crippen LogP contribution in [0.5, 0.6) is 0 Å². The third-order valence-corrected chi connectivity index (χ3v) is 3.45. The van der Waals surface area contributed by atoms with Crippen molar-refractivity contribution in [2.45, 2.75) is 13.3 Å². The van der Waals surface area contributed by atoms with Crippen LogP contribution in [0.2, 0.25) is 0 Å². The first-order chi connectivity index (χ1) is 11.7. The average Bonchev–Trinajstić information content (AvgIpc) is 2.62. The van der Waals surface area contributed by atoms with E-state index in [9.17, 15) is 9.59 Å². The summed E-state index contributed by atoms with van der Waals surface area (Å²) in [5.41, 5.74) is 2.18. The van der Waals surface area contributed by atoms with Crippen LogP contribution in [-0.4, -0.2) is 37.1 Å². The number of nitrogens with one attached hydrogen (secondary N) is 2. The van der Waals surface area contributed by atoms with Crippen molar-refractivity contribution in [3.63, 3.8) is 0 Å². The smallest absolute Gasteiger partial charge is 0.274 e. The number of benzene rings is 1. The number of amides is 2. The molecule has 0 bridgehead atoms. The Kier molecular flexibility index (Phi) is 6.45. The maximum Gasteiger partial charge on any atom is 0.274 e. The Hall–Kier alpha value is -2.73. The number of carbonyl (C=O) groups is 2. The molecule has 126 valence electrons. The summed E-state index contributed by atoms with van der Waals surface area (Å²) in [4.78, 5) is 28.5. The molecule has 0 fully saturated rings. The van der Waals surface area contributed by atoms with Gasteiger partial charge in [-0.2, -0.15) is 0 Å². The normalized spacial score (nSPS) is 10.2. The number of para-hydroxylation sites is 1. The second-order valence-electron chi connectivity index (χ2n) is 5.12. The molecule has 24 heavy (non-hydrogen) atoms. The molecule has 2 amide bonds. The minimum Gasteiger partial charge on any atom is -0.383 e. The molecule has 1 aromatic heterocycles. The number of aromatic nitrogens is 1. The number of nitrogens with zero attached hydrogens (tertiary/aromatic N) is 1. The number of carbonyl (C=O) groups excluding carboxylic acids is 2. The van der Waals surface area contributed by atoms with Gasteiger partial charge in [-0.15, -0.1) is 0 Å². The fourth-order valence-electron chi connectivity index (χ4n) is 2.18. The van der Waals surface area contributed by atoms with Gasteiger partial charge >= 0.3 is 0 Å². The lowest BCUT2D eigenvalue weighted by Crippen LogP contribution is -2.28. The van der Waals surface area contributed by atoms with Crippen molar-refractivity contribution in [1.82, 2.24) is 10.3 Å². The van der Waals surface area contributed by atoms with Crippen LogP contribution in [0.15, 0.2) is 42.5 Å². The molecule has 0 saturated heterocycles. The second kappa shape index (κ2) is 8.79. The SMILES string of the molecule is CCc1ccccc1NC(=O)c1cccc(C(=O)NCCOC)n1. The van der Waals surface area contributed by atoms with Gasteiger partial charge in [0, 0.05) is 19.3 Å². The van der Waals surface area contributed by atoms with E-state index in [4.69, 9.17) is 4.74 Å². The summed E-state index contributed by atoms with van der Waals surface area (Å²) in [5, 5.41) is 5.52. The highest BCUT2D eigenvalue weighted by Crippen LogP contribution is 2.16. The summed E-state index contributed by atoms with van der Waals surface area (Å²) in [6.45, 7) is 2.82. The molecule has 0 spiro atoms. The van der Waals surface area contributed by atoms with Crippen molar-refractivity contribution in [3.8, 4) is 0 Å². The summed E-state index contributed by atoms with van der Waals surface area (Å²) in [6.07, 6.45) is 0.811. The van der Waals surface area contributed by atoms with Gasteiger partial charge in [0.05, 0.1) is 6.61 Å². The summed E-state index contributed by atoms with van der Waals surface area (Å²) < 4.78 is 4.88. The van der Waals surface area contributed by atoms with Gasteiger partial charge in [0.2, 0.25) is 0 Å². The molecule has 0 atom stereocenters. The maximum atomic E-state index is 12.4. The fourth-order valence-corrected chi connectivity index (χ4v) is 2.18. The number of methoxy groups -OCH3 is 1.